The van der Waals surface area contributed by atoms with Crippen LogP contribution in [-0.4, -0.2) is 49.7 Å². The van der Waals surface area contributed by atoms with Gasteiger partial charge in [-0.15, -0.1) is 0 Å². The van der Waals surface area contributed by atoms with Crippen molar-refractivity contribution in [2.75, 3.05) is 13.7 Å². The van der Waals surface area contributed by atoms with E-state index in [1.165, 1.54) is 23.5 Å². The highest BCUT2D eigenvalue weighted by Crippen LogP contribution is 2.32. The zero-order valence-electron chi connectivity index (χ0n) is 15.4. The summed E-state index contributed by atoms with van der Waals surface area (Å²) in [6.45, 7) is -0.00692. The normalized spacial score (nSPS) is 16.9. The minimum Gasteiger partial charge on any atom is -0.497 e. The van der Waals surface area contributed by atoms with Gasteiger partial charge in [-0.25, -0.2) is 8.42 Å². The van der Waals surface area contributed by atoms with Crippen LogP contribution in [-0.2, 0) is 16.4 Å². The Bertz CT molecular complexity index is 836. The average Bonchev–Trinajstić information content (AvgIpc) is 3.51. The van der Waals surface area contributed by atoms with Crippen LogP contribution < -0.4 is 10.5 Å². The van der Waals surface area contributed by atoms with Crippen LogP contribution in [0.5, 0.6) is 5.75 Å². The molecule has 0 saturated heterocycles. The molecule has 0 spiro atoms. The second-order valence-electron chi connectivity index (χ2n) is 6.90. The van der Waals surface area contributed by atoms with Gasteiger partial charge in [-0.1, -0.05) is 30.3 Å². The van der Waals surface area contributed by atoms with Crippen molar-refractivity contribution in [2.24, 2.45) is 5.73 Å². The van der Waals surface area contributed by atoms with Crippen molar-refractivity contribution in [3.8, 4) is 5.75 Å². The lowest BCUT2D eigenvalue weighted by Crippen LogP contribution is -2.47. The van der Waals surface area contributed by atoms with Gasteiger partial charge < -0.3 is 15.6 Å². The molecule has 2 aromatic rings. The lowest BCUT2D eigenvalue weighted by atomic mass is 10.0. The van der Waals surface area contributed by atoms with Crippen molar-refractivity contribution >= 4 is 10.0 Å². The number of hydrogen-bond acceptors (Lipinski definition) is 5. The van der Waals surface area contributed by atoms with Crippen LogP contribution in [0.1, 0.15) is 18.4 Å². The number of ether oxygens (including phenoxy) is 1. The Kier molecular flexibility index (Phi) is 6.16. The Morgan fingerprint density at radius 2 is 1.78 bits per heavy atom. The highest BCUT2D eigenvalue weighted by Gasteiger charge is 2.39. The van der Waals surface area contributed by atoms with Crippen LogP contribution in [0.4, 0.5) is 0 Å². The van der Waals surface area contributed by atoms with Crippen LogP contribution in [0.25, 0.3) is 0 Å². The first-order valence-corrected chi connectivity index (χ1v) is 10.5. The van der Waals surface area contributed by atoms with Gasteiger partial charge in [0.2, 0.25) is 10.0 Å². The smallest absolute Gasteiger partial charge is 0.243 e. The highest BCUT2D eigenvalue weighted by molar-refractivity contribution is 7.89. The first kappa shape index (κ1) is 19.8. The first-order chi connectivity index (χ1) is 12.9. The van der Waals surface area contributed by atoms with Crippen LogP contribution in [0.15, 0.2) is 59.5 Å². The number of methoxy groups -OCH3 is 1. The summed E-state index contributed by atoms with van der Waals surface area (Å²) in [6.07, 6.45) is 1.15. The summed E-state index contributed by atoms with van der Waals surface area (Å²) in [5.74, 6) is 0.594. The molecule has 1 fully saturated rings. The van der Waals surface area contributed by atoms with Gasteiger partial charge in [-0.2, -0.15) is 4.31 Å². The third-order valence-electron chi connectivity index (χ3n) is 4.80. The van der Waals surface area contributed by atoms with Crippen molar-refractivity contribution in [3.05, 3.63) is 60.2 Å². The Hall–Kier alpha value is -1.93. The predicted molar refractivity (Wildman–Crippen MR) is 104 cm³/mol. The van der Waals surface area contributed by atoms with E-state index in [1.54, 1.807) is 12.1 Å². The van der Waals surface area contributed by atoms with Gasteiger partial charge in [-0.3, -0.25) is 0 Å². The van der Waals surface area contributed by atoms with Gasteiger partial charge in [0.15, 0.2) is 0 Å². The number of aliphatic hydroxyl groups is 1. The molecule has 27 heavy (non-hydrogen) atoms. The first-order valence-electron chi connectivity index (χ1n) is 9.05. The molecule has 0 amide bonds. The number of rotatable bonds is 9. The third kappa shape index (κ3) is 4.87. The van der Waals surface area contributed by atoms with Crippen LogP contribution in [0.2, 0.25) is 0 Å². The minimum atomic E-state index is -3.70. The van der Waals surface area contributed by atoms with E-state index in [2.05, 4.69) is 0 Å². The molecule has 7 heteroatoms. The monoisotopic (exact) mass is 390 g/mol. The molecule has 0 radical (unpaired) electrons. The zero-order valence-corrected chi connectivity index (χ0v) is 16.2. The predicted octanol–water partition coefficient (Wildman–Crippen LogP) is 1.78. The molecular weight excluding hydrogens is 364 g/mol. The van der Waals surface area contributed by atoms with Crippen LogP contribution in [0, 0.1) is 0 Å². The van der Waals surface area contributed by atoms with E-state index in [9.17, 15) is 13.5 Å². The Labute approximate surface area is 160 Å². The molecule has 2 aromatic carbocycles. The molecule has 2 atom stereocenters. The summed E-state index contributed by atoms with van der Waals surface area (Å²) in [6, 6.07) is 15.3. The Balaban J connectivity index is 1.72. The maximum absolute atomic E-state index is 13.1. The van der Waals surface area contributed by atoms with E-state index >= 15 is 0 Å². The number of aliphatic hydroxyl groups excluding tert-OH is 1. The van der Waals surface area contributed by atoms with Crippen molar-refractivity contribution in [3.63, 3.8) is 0 Å². The quantitative estimate of drug-likeness (QED) is 0.681. The van der Waals surface area contributed by atoms with E-state index < -0.39 is 22.2 Å². The second kappa shape index (κ2) is 8.39. The lowest BCUT2D eigenvalue weighted by Gasteiger charge is -2.27. The van der Waals surface area contributed by atoms with Gasteiger partial charge in [-0.05, 0) is 49.1 Å². The molecule has 0 aliphatic heterocycles. The van der Waals surface area contributed by atoms with Gasteiger partial charge in [0.05, 0.1) is 18.1 Å². The lowest BCUT2D eigenvalue weighted by molar-refractivity contribution is 0.117. The minimum absolute atomic E-state index is 0.00692. The summed E-state index contributed by atoms with van der Waals surface area (Å²) in [5, 5.41) is 10.6. The van der Waals surface area contributed by atoms with Gasteiger partial charge in [0.25, 0.3) is 0 Å². The van der Waals surface area contributed by atoms with E-state index in [0.29, 0.717) is 12.2 Å². The average molecular weight is 391 g/mol. The fourth-order valence-corrected chi connectivity index (χ4v) is 4.73. The maximum atomic E-state index is 13.1. The zero-order chi connectivity index (χ0) is 19.4. The topological polar surface area (TPSA) is 92.9 Å². The van der Waals surface area contributed by atoms with E-state index in [-0.39, 0.29) is 17.5 Å². The summed E-state index contributed by atoms with van der Waals surface area (Å²) >= 11 is 0. The standard InChI is InChI=1S/C20H26N2O4S/c1-26-17-9-11-18(12-10-17)27(24,25)22(16-7-8-16)14-20(23)19(21)13-15-5-3-2-4-6-15/h2-6,9-12,16,19-20,23H,7-8,13-14,21H2,1H3. The molecule has 1 aliphatic carbocycles. The molecule has 3 rings (SSSR count). The number of nitrogens with zero attached hydrogens (tertiary/aromatic N) is 1. The van der Waals surface area contributed by atoms with Gasteiger partial charge >= 0.3 is 0 Å². The number of sulfonamides is 1. The highest BCUT2D eigenvalue weighted by atomic mass is 32.2. The summed E-state index contributed by atoms with van der Waals surface area (Å²) < 4.78 is 32.6. The van der Waals surface area contributed by atoms with Gasteiger partial charge in [0.1, 0.15) is 5.75 Å². The number of nitrogens with two attached hydrogens (primary N) is 1. The third-order valence-corrected chi connectivity index (χ3v) is 6.73. The molecule has 1 saturated carbocycles. The SMILES string of the molecule is COc1ccc(S(=O)(=O)N(CC(O)C(N)Cc2ccccc2)C2CC2)cc1. The van der Waals surface area contributed by atoms with E-state index in [4.69, 9.17) is 10.5 Å². The molecule has 3 N–H and O–H groups in total. The Morgan fingerprint density at radius 3 is 2.33 bits per heavy atom. The van der Waals surface area contributed by atoms with Crippen molar-refractivity contribution in [1.82, 2.24) is 4.31 Å². The second-order valence-corrected chi connectivity index (χ2v) is 8.79. The number of benzene rings is 2. The fraction of sp³-hybridized carbons (Fsp3) is 0.400. The van der Waals surface area contributed by atoms with E-state index in [0.717, 1.165) is 18.4 Å². The molecule has 1 aliphatic rings. The number of hydrogen-bond donors (Lipinski definition) is 2. The van der Waals surface area contributed by atoms with Gasteiger partial charge in [0, 0.05) is 18.6 Å². The maximum Gasteiger partial charge on any atom is 0.243 e. The van der Waals surface area contributed by atoms with Crippen LogP contribution in [0.3, 0.4) is 0 Å². The molecule has 0 bridgehead atoms. The molecule has 146 valence electrons. The van der Waals surface area contributed by atoms with Crippen LogP contribution >= 0.6 is 0 Å². The van der Waals surface area contributed by atoms with E-state index in [1.807, 2.05) is 30.3 Å². The Morgan fingerprint density at radius 1 is 1.15 bits per heavy atom. The summed E-state index contributed by atoms with van der Waals surface area (Å²) in [7, 11) is -2.17. The molecule has 6 nitrogen and oxygen atoms in total. The van der Waals surface area contributed by atoms with Crippen molar-refractivity contribution in [2.45, 2.75) is 42.3 Å². The summed E-state index contributed by atoms with van der Waals surface area (Å²) in [5.41, 5.74) is 7.16. The molecular formula is C20H26N2O4S. The van der Waals surface area contributed by atoms with Crippen molar-refractivity contribution in [1.29, 1.82) is 0 Å². The molecule has 0 heterocycles. The summed E-state index contributed by atoms with van der Waals surface area (Å²) in [4.78, 5) is 0.194. The fourth-order valence-electron chi connectivity index (χ4n) is 3.03. The largest absolute Gasteiger partial charge is 0.497 e. The molecule has 0 aromatic heterocycles. The van der Waals surface area contributed by atoms with Crippen molar-refractivity contribution < 1.29 is 18.3 Å². The molecule has 2 unspecified atom stereocenters.